The molecule has 0 bridgehead atoms. The van der Waals surface area contributed by atoms with Gasteiger partial charge in [-0.15, -0.1) is 0 Å². The van der Waals surface area contributed by atoms with Crippen molar-refractivity contribution in [3.63, 3.8) is 0 Å². The topological polar surface area (TPSA) is 88.5 Å². The van der Waals surface area contributed by atoms with Gasteiger partial charge in [0.05, 0.1) is 23.4 Å². The van der Waals surface area contributed by atoms with Crippen molar-refractivity contribution in [2.45, 2.75) is 13.0 Å². The van der Waals surface area contributed by atoms with Crippen molar-refractivity contribution in [1.82, 2.24) is 24.5 Å². The molecule has 5 aromatic rings. The molecule has 0 fully saturated rings. The Bertz CT molecular complexity index is 1490. The molecule has 31 heavy (non-hydrogen) atoms. The Morgan fingerprint density at radius 2 is 1.84 bits per heavy atom. The first-order valence-corrected chi connectivity index (χ1v) is 9.54. The summed E-state index contributed by atoms with van der Waals surface area (Å²) in [5, 5.41) is 3.54. The number of anilines is 1. The molecule has 154 valence electrons. The van der Waals surface area contributed by atoms with Crippen molar-refractivity contribution < 1.29 is 8.78 Å². The number of imidazole rings is 1. The molecule has 0 amide bonds. The van der Waals surface area contributed by atoms with Crippen molar-refractivity contribution in [3.05, 3.63) is 88.9 Å². The van der Waals surface area contributed by atoms with E-state index in [-0.39, 0.29) is 11.1 Å². The van der Waals surface area contributed by atoms with Gasteiger partial charge in [0, 0.05) is 5.69 Å². The SMILES string of the molecule is CC(Nc1ncnc2[nH]cnc12)c1cc2cccc(F)c2c(=O)n1-c1ccccc1F. The summed E-state index contributed by atoms with van der Waals surface area (Å²) in [6.45, 7) is 1.80. The Balaban J connectivity index is 1.74. The largest absolute Gasteiger partial charge is 0.360 e. The molecule has 0 spiro atoms. The minimum atomic E-state index is -0.659. The number of nitrogens with zero attached hydrogens (tertiary/aromatic N) is 4. The number of fused-ring (bicyclic) bond motifs is 2. The van der Waals surface area contributed by atoms with Crippen LogP contribution in [0.5, 0.6) is 0 Å². The summed E-state index contributed by atoms with van der Waals surface area (Å²) in [6, 6.07) is 11.5. The lowest BCUT2D eigenvalue weighted by atomic mass is 10.1. The fourth-order valence-electron chi connectivity index (χ4n) is 3.69. The molecule has 7 nitrogen and oxygen atoms in total. The first-order chi connectivity index (χ1) is 15.0. The molecular weight excluding hydrogens is 402 g/mol. The number of rotatable bonds is 4. The van der Waals surface area contributed by atoms with Crippen LogP contribution in [0, 0.1) is 11.6 Å². The van der Waals surface area contributed by atoms with Crippen LogP contribution in [0.2, 0.25) is 0 Å². The third-order valence-electron chi connectivity index (χ3n) is 5.13. The highest BCUT2D eigenvalue weighted by atomic mass is 19.1. The summed E-state index contributed by atoms with van der Waals surface area (Å²) in [4.78, 5) is 28.8. The highest BCUT2D eigenvalue weighted by Crippen LogP contribution is 2.27. The third kappa shape index (κ3) is 3.10. The molecule has 0 aliphatic rings. The number of aromatic nitrogens is 5. The molecular formula is C22H16F2N6O. The van der Waals surface area contributed by atoms with Gasteiger partial charge >= 0.3 is 0 Å². The number of H-pyrrole nitrogens is 1. The molecule has 0 radical (unpaired) electrons. The summed E-state index contributed by atoms with van der Waals surface area (Å²) >= 11 is 0. The van der Waals surface area contributed by atoms with E-state index in [0.29, 0.717) is 28.1 Å². The molecule has 0 saturated heterocycles. The van der Waals surface area contributed by atoms with E-state index in [1.165, 1.54) is 47.6 Å². The van der Waals surface area contributed by atoms with Crippen molar-refractivity contribution >= 4 is 27.8 Å². The number of hydrogen-bond acceptors (Lipinski definition) is 5. The minimum absolute atomic E-state index is 0.0360. The smallest absolute Gasteiger partial charge is 0.266 e. The number of aromatic amines is 1. The highest BCUT2D eigenvalue weighted by molar-refractivity contribution is 5.84. The normalized spacial score (nSPS) is 12.4. The zero-order valence-corrected chi connectivity index (χ0v) is 16.3. The Morgan fingerprint density at radius 3 is 2.68 bits per heavy atom. The first kappa shape index (κ1) is 18.9. The van der Waals surface area contributed by atoms with Gasteiger partial charge in [0.2, 0.25) is 0 Å². The van der Waals surface area contributed by atoms with Gasteiger partial charge in [-0.3, -0.25) is 9.36 Å². The highest BCUT2D eigenvalue weighted by Gasteiger charge is 2.21. The van der Waals surface area contributed by atoms with E-state index in [2.05, 4.69) is 25.3 Å². The van der Waals surface area contributed by atoms with E-state index < -0.39 is 23.2 Å². The fraction of sp³-hybridized carbons (Fsp3) is 0.0909. The lowest BCUT2D eigenvalue weighted by molar-refractivity contribution is 0.609. The van der Waals surface area contributed by atoms with Crippen molar-refractivity contribution in [3.8, 4) is 5.69 Å². The quantitative estimate of drug-likeness (QED) is 0.459. The molecule has 2 N–H and O–H groups in total. The summed E-state index contributed by atoms with van der Waals surface area (Å²) in [7, 11) is 0. The standard InChI is InChI=1S/C22H16F2N6O/c1-12(29-21-19-20(26-10-25-19)27-11-28-21)17-9-13-5-4-7-15(24)18(13)22(31)30(17)16-8-3-2-6-14(16)23/h2-12H,1H3,(H2,25,26,27,28,29). The number of nitrogens with one attached hydrogen (secondary N) is 2. The molecule has 5 rings (SSSR count). The second-order valence-electron chi connectivity index (χ2n) is 7.05. The average molecular weight is 418 g/mol. The Hall–Kier alpha value is -4.14. The van der Waals surface area contributed by atoms with Crippen LogP contribution in [0.15, 0.2) is 66.0 Å². The lowest BCUT2D eigenvalue weighted by Gasteiger charge is -2.21. The van der Waals surface area contributed by atoms with Gasteiger partial charge in [-0.05, 0) is 36.6 Å². The number of benzene rings is 2. The molecule has 1 atom stereocenters. The predicted molar refractivity (Wildman–Crippen MR) is 113 cm³/mol. The maximum absolute atomic E-state index is 14.7. The lowest BCUT2D eigenvalue weighted by Crippen LogP contribution is -2.27. The third-order valence-corrected chi connectivity index (χ3v) is 5.13. The zero-order chi connectivity index (χ0) is 21.5. The van der Waals surface area contributed by atoms with Crippen LogP contribution in [-0.2, 0) is 0 Å². The summed E-state index contributed by atoms with van der Waals surface area (Å²) in [5.74, 6) is -0.801. The van der Waals surface area contributed by atoms with Gasteiger partial charge in [0.1, 0.15) is 23.5 Å². The Kier molecular flexibility index (Phi) is 4.43. The molecule has 1 unspecified atom stereocenters. The van der Waals surface area contributed by atoms with Gasteiger partial charge < -0.3 is 10.3 Å². The van der Waals surface area contributed by atoms with Crippen molar-refractivity contribution in [1.29, 1.82) is 0 Å². The van der Waals surface area contributed by atoms with Gasteiger partial charge in [-0.1, -0.05) is 24.3 Å². The molecule has 2 aromatic carbocycles. The van der Waals surface area contributed by atoms with E-state index in [1.54, 1.807) is 25.1 Å². The van der Waals surface area contributed by atoms with Gasteiger partial charge in [0.15, 0.2) is 11.5 Å². The van der Waals surface area contributed by atoms with Crippen molar-refractivity contribution in [2.75, 3.05) is 5.32 Å². The van der Waals surface area contributed by atoms with Crippen LogP contribution < -0.4 is 10.9 Å². The van der Waals surface area contributed by atoms with Crippen LogP contribution in [0.4, 0.5) is 14.6 Å². The van der Waals surface area contributed by atoms with Crippen LogP contribution >= 0.6 is 0 Å². The van der Waals surface area contributed by atoms with Gasteiger partial charge in [-0.25, -0.2) is 23.7 Å². The van der Waals surface area contributed by atoms with Crippen LogP contribution in [0.3, 0.4) is 0 Å². The van der Waals surface area contributed by atoms with E-state index in [1.807, 2.05) is 0 Å². The molecule has 0 aliphatic heterocycles. The first-order valence-electron chi connectivity index (χ1n) is 9.54. The second kappa shape index (κ2) is 7.28. The fourth-order valence-corrected chi connectivity index (χ4v) is 3.69. The van der Waals surface area contributed by atoms with E-state index >= 15 is 0 Å². The maximum Gasteiger partial charge on any atom is 0.266 e. The molecule has 3 heterocycles. The van der Waals surface area contributed by atoms with E-state index in [9.17, 15) is 13.6 Å². The number of para-hydroxylation sites is 1. The average Bonchev–Trinajstić information content (AvgIpc) is 3.24. The molecule has 9 heteroatoms. The zero-order valence-electron chi connectivity index (χ0n) is 16.3. The molecule has 0 aliphatic carbocycles. The number of pyridine rings is 1. The minimum Gasteiger partial charge on any atom is -0.360 e. The van der Waals surface area contributed by atoms with Crippen LogP contribution in [0.1, 0.15) is 18.7 Å². The summed E-state index contributed by atoms with van der Waals surface area (Å²) in [6.07, 6.45) is 2.89. The predicted octanol–water partition coefficient (Wildman–Crippen LogP) is 4.11. The van der Waals surface area contributed by atoms with Crippen molar-refractivity contribution in [2.24, 2.45) is 0 Å². The molecule has 0 saturated carbocycles. The van der Waals surface area contributed by atoms with Gasteiger partial charge in [0.25, 0.3) is 5.56 Å². The monoisotopic (exact) mass is 418 g/mol. The maximum atomic E-state index is 14.7. The van der Waals surface area contributed by atoms with E-state index in [0.717, 1.165) is 0 Å². The number of halogens is 2. The van der Waals surface area contributed by atoms with Gasteiger partial charge in [-0.2, -0.15) is 0 Å². The summed E-state index contributed by atoms with van der Waals surface area (Å²) in [5.41, 5.74) is 0.916. The Labute approximate surface area is 174 Å². The van der Waals surface area contributed by atoms with E-state index in [4.69, 9.17) is 0 Å². The second-order valence-corrected chi connectivity index (χ2v) is 7.05. The van der Waals surface area contributed by atoms with Crippen LogP contribution in [0.25, 0.3) is 27.6 Å². The van der Waals surface area contributed by atoms with Crippen LogP contribution in [-0.4, -0.2) is 24.5 Å². The Morgan fingerprint density at radius 1 is 1.03 bits per heavy atom. The molecule has 3 aromatic heterocycles. The summed E-state index contributed by atoms with van der Waals surface area (Å²) < 4.78 is 30.4. The number of hydrogen-bond donors (Lipinski definition) is 2.